The van der Waals surface area contributed by atoms with E-state index in [1.807, 2.05) is 12.1 Å². The minimum absolute atomic E-state index is 0. The van der Waals surface area contributed by atoms with Gasteiger partial charge in [-0.25, -0.2) is 0 Å². The normalized spacial score (nSPS) is 7.07. The molecule has 7 heteroatoms. The number of halogens is 2. The van der Waals surface area contributed by atoms with Crippen LogP contribution in [0, 0.1) is 22.7 Å². The van der Waals surface area contributed by atoms with Gasteiger partial charge in [0.25, 0.3) is 0 Å². The van der Waals surface area contributed by atoms with Crippen molar-refractivity contribution in [1.29, 1.82) is 10.5 Å². The standard InChI is InChI=1S/C8H12N2O2.2ClH.Pt/c9-3-1-5-11-7-8-12-6-2-4-10;;;/h1-2,5-8H2;2*1H;/q;;;+2/p-2. The molecule has 0 N–H and O–H groups in total. The number of nitriles is 2. The zero-order valence-corrected chi connectivity index (χ0v) is 11.8. The summed E-state index contributed by atoms with van der Waals surface area (Å²) in [7, 11) is 0. The van der Waals surface area contributed by atoms with Gasteiger partial charge in [-0.05, 0) is 0 Å². The molecular weight excluding hydrogens is 422 g/mol. The molecule has 4 nitrogen and oxygen atoms in total. The molecule has 0 heterocycles. The molecule has 0 spiro atoms. The van der Waals surface area contributed by atoms with Crippen molar-refractivity contribution in [2.45, 2.75) is 12.8 Å². The third-order valence-electron chi connectivity index (χ3n) is 1.09. The third-order valence-corrected chi connectivity index (χ3v) is 1.09. The Balaban J connectivity index is -0.000000202. The smallest absolute Gasteiger partial charge is 1.00 e. The fourth-order valence-corrected chi connectivity index (χ4v) is 0.558. The first kappa shape index (κ1) is 24.4. The van der Waals surface area contributed by atoms with Crippen molar-refractivity contribution < 1.29 is 55.4 Å². The Labute approximate surface area is 117 Å². The average molecular weight is 434 g/mol. The van der Waals surface area contributed by atoms with E-state index in [0.717, 1.165) is 0 Å². The van der Waals surface area contributed by atoms with E-state index in [2.05, 4.69) is 0 Å². The Kier molecular flexibility index (Phi) is 38.7. The summed E-state index contributed by atoms with van der Waals surface area (Å²) in [6.45, 7) is 1.90. The maximum absolute atomic E-state index is 8.14. The molecule has 0 radical (unpaired) electrons. The van der Waals surface area contributed by atoms with Crippen molar-refractivity contribution in [1.82, 2.24) is 0 Å². The monoisotopic (exact) mass is 433 g/mol. The van der Waals surface area contributed by atoms with Crippen molar-refractivity contribution >= 4 is 0 Å². The largest absolute Gasteiger partial charge is 2.00 e. The van der Waals surface area contributed by atoms with E-state index in [0.29, 0.717) is 39.3 Å². The molecule has 0 bridgehead atoms. The predicted molar refractivity (Wildman–Crippen MR) is 42.1 cm³/mol. The molecule has 0 aliphatic carbocycles. The zero-order chi connectivity index (χ0) is 9.07. The quantitative estimate of drug-likeness (QED) is 0.376. The first-order valence-corrected chi connectivity index (χ1v) is 3.81. The summed E-state index contributed by atoms with van der Waals surface area (Å²) in [6, 6.07) is 3.94. The maximum Gasteiger partial charge on any atom is 2.00 e. The zero-order valence-electron chi connectivity index (χ0n) is 8.03. The molecule has 90 valence electrons. The first-order valence-electron chi connectivity index (χ1n) is 3.81. The van der Waals surface area contributed by atoms with Gasteiger partial charge in [0.15, 0.2) is 0 Å². The van der Waals surface area contributed by atoms with Gasteiger partial charge in [-0.1, -0.05) is 0 Å². The van der Waals surface area contributed by atoms with Crippen LogP contribution in [0.5, 0.6) is 0 Å². The van der Waals surface area contributed by atoms with Crippen molar-refractivity contribution in [2.75, 3.05) is 26.4 Å². The van der Waals surface area contributed by atoms with Gasteiger partial charge in [0.2, 0.25) is 0 Å². The number of hydrogen-bond acceptors (Lipinski definition) is 4. The number of nitrogens with zero attached hydrogens (tertiary/aromatic N) is 2. The van der Waals surface area contributed by atoms with Gasteiger partial charge in [-0.15, -0.1) is 0 Å². The first-order chi connectivity index (χ1) is 5.91. The molecule has 0 aromatic rings. The van der Waals surface area contributed by atoms with Gasteiger partial charge in [0.05, 0.1) is 51.4 Å². The summed E-state index contributed by atoms with van der Waals surface area (Å²) in [6.07, 6.45) is 0.830. The van der Waals surface area contributed by atoms with Crippen molar-refractivity contribution in [3.8, 4) is 12.1 Å². The minimum atomic E-state index is 0. The van der Waals surface area contributed by atoms with Gasteiger partial charge in [0.1, 0.15) is 0 Å². The Morgan fingerprint density at radius 1 is 0.733 bits per heavy atom. The van der Waals surface area contributed by atoms with Crippen molar-refractivity contribution in [2.24, 2.45) is 0 Å². The SMILES string of the molecule is N#CCCOCCOCCC#N.[Cl-].[Cl-].[Pt+2]. The summed E-state index contributed by atoms with van der Waals surface area (Å²) in [5, 5.41) is 16.3. The number of rotatable bonds is 7. The second kappa shape index (κ2) is 23.8. The van der Waals surface area contributed by atoms with Crippen LogP contribution in [-0.4, -0.2) is 26.4 Å². The van der Waals surface area contributed by atoms with Gasteiger partial charge >= 0.3 is 21.1 Å². The minimum Gasteiger partial charge on any atom is -1.00 e. The molecule has 0 saturated heterocycles. The summed E-state index contributed by atoms with van der Waals surface area (Å²) in [5.74, 6) is 0. The molecule has 0 fully saturated rings. The molecule has 0 atom stereocenters. The molecule has 0 aromatic carbocycles. The summed E-state index contributed by atoms with van der Waals surface area (Å²) >= 11 is 0. The van der Waals surface area contributed by atoms with Crippen LogP contribution >= 0.6 is 0 Å². The Bertz CT molecular complexity index is 162. The van der Waals surface area contributed by atoms with Crippen molar-refractivity contribution in [3.63, 3.8) is 0 Å². The third kappa shape index (κ3) is 25.0. The summed E-state index contributed by atoms with van der Waals surface area (Å²) in [4.78, 5) is 0. The van der Waals surface area contributed by atoms with E-state index in [9.17, 15) is 0 Å². The van der Waals surface area contributed by atoms with Gasteiger partial charge in [-0.2, -0.15) is 10.5 Å². The van der Waals surface area contributed by atoms with Gasteiger partial charge in [-0.3, -0.25) is 0 Å². The van der Waals surface area contributed by atoms with E-state index in [1.54, 1.807) is 0 Å². The van der Waals surface area contributed by atoms with Crippen LogP contribution in [0.4, 0.5) is 0 Å². The molecule has 15 heavy (non-hydrogen) atoms. The van der Waals surface area contributed by atoms with Crippen LogP contribution in [0.15, 0.2) is 0 Å². The Morgan fingerprint density at radius 2 is 1.07 bits per heavy atom. The summed E-state index contributed by atoms with van der Waals surface area (Å²) in [5.41, 5.74) is 0. The van der Waals surface area contributed by atoms with Crippen LogP contribution in [0.2, 0.25) is 0 Å². The molecule has 0 amide bonds. The van der Waals surface area contributed by atoms with E-state index in [4.69, 9.17) is 20.0 Å². The molecule has 0 aliphatic heterocycles. The molecule has 0 rings (SSSR count). The second-order valence-corrected chi connectivity index (χ2v) is 2.04. The molecular formula is C8H12Cl2N2O2Pt. The topological polar surface area (TPSA) is 66.0 Å². The second-order valence-electron chi connectivity index (χ2n) is 2.04. The van der Waals surface area contributed by atoms with E-state index >= 15 is 0 Å². The van der Waals surface area contributed by atoms with Crippen LogP contribution in [0.3, 0.4) is 0 Å². The van der Waals surface area contributed by atoms with Crippen LogP contribution in [0.1, 0.15) is 12.8 Å². The van der Waals surface area contributed by atoms with Crippen LogP contribution in [0.25, 0.3) is 0 Å². The number of hydrogen-bond donors (Lipinski definition) is 0. The Morgan fingerprint density at radius 3 is 1.33 bits per heavy atom. The van der Waals surface area contributed by atoms with E-state index < -0.39 is 0 Å². The predicted octanol–water partition coefficient (Wildman–Crippen LogP) is -5.15. The van der Waals surface area contributed by atoms with Gasteiger partial charge in [0, 0.05) is 0 Å². The van der Waals surface area contributed by atoms with Crippen LogP contribution in [-0.2, 0) is 30.5 Å². The van der Waals surface area contributed by atoms with Gasteiger partial charge < -0.3 is 34.3 Å². The van der Waals surface area contributed by atoms with E-state index in [-0.39, 0.29) is 45.9 Å². The summed E-state index contributed by atoms with van der Waals surface area (Å²) < 4.78 is 10.0. The average Bonchev–Trinajstić information content (AvgIpc) is 2.10. The maximum atomic E-state index is 8.14. The Hall–Kier alpha value is 0.168. The molecule has 0 unspecified atom stereocenters. The molecule has 0 aromatic heterocycles. The number of ether oxygens (including phenoxy) is 2. The molecule has 0 saturated carbocycles. The fourth-order valence-electron chi connectivity index (χ4n) is 0.558. The fraction of sp³-hybridized carbons (Fsp3) is 0.750. The molecule has 0 aliphatic rings. The van der Waals surface area contributed by atoms with Crippen LogP contribution < -0.4 is 24.8 Å². The van der Waals surface area contributed by atoms with E-state index in [1.165, 1.54) is 0 Å². The van der Waals surface area contributed by atoms with Crippen molar-refractivity contribution in [3.05, 3.63) is 0 Å².